The fraction of sp³-hybridized carbons (Fsp3) is 0.238. The molecule has 1 aromatic carbocycles. The minimum Gasteiger partial charge on any atom is -0.459 e. The lowest BCUT2D eigenvalue weighted by Crippen LogP contribution is -2.49. The van der Waals surface area contributed by atoms with Crippen molar-refractivity contribution in [2.45, 2.75) is 6.92 Å². The number of aromatic nitrogens is 4. The standard InChI is InChI=1S/C21H20N6O2/c1-15-4-2-5-16(14-15)17-7-8-22-20-23-21(24-27(17)20)26-11-9-25(10-12-26)19(28)18-6-3-13-29-18/h2-8,13-14H,9-12H2,1H3. The zero-order valence-corrected chi connectivity index (χ0v) is 16.0. The molecule has 146 valence electrons. The Morgan fingerprint density at radius 3 is 2.69 bits per heavy atom. The van der Waals surface area contributed by atoms with Crippen molar-refractivity contribution in [3.8, 4) is 11.3 Å². The van der Waals surface area contributed by atoms with Gasteiger partial charge in [-0.05, 0) is 31.2 Å². The van der Waals surface area contributed by atoms with E-state index in [2.05, 4.69) is 40.0 Å². The first-order valence-corrected chi connectivity index (χ1v) is 9.55. The van der Waals surface area contributed by atoms with Gasteiger partial charge in [-0.25, -0.2) is 4.98 Å². The second-order valence-corrected chi connectivity index (χ2v) is 7.08. The van der Waals surface area contributed by atoms with Crippen molar-refractivity contribution in [3.63, 3.8) is 0 Å². The summed E-state index contributed by atoms with van der Waals surface area (Å²) < 4.78 is 7.00. The van der Waals surface area contributed by atoms with Crippen molar-refractivity contribution < 1.29 is 9.21 Å². The molecule has 1 fully saturated rings. The molecule has 1 saturated heterocycles. The summed E-state index contributed by atoms with van der Waals surface area (Å²) in [6, 6.07) is 13.6. The van der Waals surface area contributed by atoms with Gasteiger partial charge in [-0.3, -0.25) is 4.79 Å². The zero-order chi connectivity index (χ0) is 19.8. The van der Waals surface area contributed by atoms with Crippen molar-refractivity contribution in [2.24, 2.45) is 0 Å². The quantitative estimate of drug-likeness (QED) is 0.537. The van der Waals surface area contributed by atoms with Crippen LogP contribution in [0, 0.1) is 6.92 Å². The van der Waals surface area contributed by atoms with Crippen molar-refractivity contribution >= 4 is 17.6 Å². The maximum atomic E-state index is 12.4. The number of furan rings is 1. The van der Waals surface area contributed by atoms with Gasteiger partial charge in [0.05, 0.1) is 12.0 Å². The summed E-state index contributed by atoms with van der Waals surface area (Å²) in [6.07, 6.45) is 3.27. The van der Waals surface area contributed by atoms with Gasteiger partial charge in [0.15, 0.2) is 5.76 Å². The summed E-state index contributed by atoms with van der Waals surface area (Å²) in [6.45, 7) is 4.56. The van der Waals surface area contributed by atoms with E-state index < -0.39 is 0 Å². The molecule has 0 spiro atoms. The van der Waals surface area contributed by atoms with Crippen molar-refractivity contribution in [1.82, 2.24) is 24.5 Å². The fourth-order valence-electron chi connectivity index (χ4n) is 3.61. The maximum Gasteiger partial charge on any atom is 0.289 e. The Hall–Kier alpha value is -3.68. The van der Waals surface area contributed by atoms with Crippen LogP contribution in [-0.2, 0) is 0 Å². The topological polar surface area (TPSA) is 79.8 Å². The minimum atomic E-state index is -0.0824. The highest BCUT2D eigenvalue weighted by Gasteiger charge is 2.26. The molecule has 4 heterocycles. The zero-order valence-electron chi connectivity index (χ0n) is 16.0. The Balaban J connectivity index is 1.38. The summed E-state index contributed by atoms with van der Waals surface area (Å²) in [4.78, 5) is 25.3. The van der Waals surface area contributed by atoms with E-state index in [1.54, 1.807) is 27.7 Å². The van der Waals surface area contributed by atoms with E-state index in [1.165, 1.54) is 11.8 Å². The third-order valence-electron chi connectivity index (χ3n) is 5.13. The van der Waals surface area contributed by atoms with E-state index in [0.717, 1.165) is 11.3 Å². The highest BCUT2D eigenvalue weighted by Crippen LogP contribution is 2.22. The van der Waals surface area contributed by atoms with Gasteiger partial charge in [0.25, 0.3) is 11.7 Å². The Labute approximate surface area is 167 Å². The monoisotopic (exact) mass is 388 g/mol. The highest BCUT2D eigenvalue weighted by molar-refractivity contribution is 5.91. The van der Waals surface area contributed by atoms with Crippen LogP contribution in [0.5, 0.6) is 0 Å². The highest BCUT2D eigenvalue weighted by atomic mass is 16.3. The van der Waals surface area contributed by atoms with Crippen LogP contribution in [0.25, 0.3) is 17.0 Å². The molecule has 1 amide bonds. The normalized spacial score (nSPS) is 14.5. The number of hydrogen-bond acceptors (Lipinski definition) is 6. The van der Waals surface area contributed by atoms with Gasteiger partial charge in [-0.1, -0.05) is 23.8 Å². The molecule has 8 nitrogen and oxygen atoms in total. The van der Waals surface area contributed by atoms with Crippen LogP contribution in [0.4, 0.5) is 5.95 Å². The molecule has 8 heteroatoms. The SMILES string of the molecule is Cc1cccc(-c2ccnc3nc(N4CCN(C(=O)c5ccco5)CC4)nn23)c1. The Morgan fingerprint density at radius 1 is 1.07 bits per heavy atom. The van der Waals surface area contributed by atoms with Crippen LogP contribution in [0.1, 0.15) is 16.1 Å². The Morgan fingerprint density at radius 2 is 1.93 bits per heavy atom. The van der Waals surface area contributed by atoms with Gasteiger partial charge in [-0.15, -0.1) is 5.10 Å². The molecule has 1 aliphatic rings. The second kappa shape index (κ2) is 7.05. The van der Waals surface area contributed by atoms with Crippen LogP contribution >= 0.6 is 0 Å². The van der Waals surface area contributed by atoms with Gasteiger partial charge in [0, 0.05) is 37.9 Å². The van der Waals surface area contributed by atoms with E-state index in [-0.39, 0.29) is 5.91 Å². The van der Waals surface area contributed by atoms with Gasteiger partial charge < -0.3 is 14.2 Å². The Kier molecular flexibility index (Phi) is 4.23. The van der Waals surface area contributed by atoms with Crippen LogP contribution in [0.3, 0.4) is 0 Å². The van der Waals surface area contributed by atoms with Crippen molar-refractivity contribution in [1.29, 1.82) is 0 Å². The van der Waals surface area contributed by atoms with Crippen LogP contribution in [-0.4, -0.2) is 56.6 Å². The molecule has 0 radical (unpaired) electrons. The number of carbonyl (C=O) groups excluding carboxylic acids is 1. The summed E-state index contributed by atoms with van der Waals surface area (Å²) >= 11 is 0. The molecule has 29 heavy (non-hydrogen) atoms. The fourth-order valence-corrected chi connectivity index (χ4v) is 3.61. The molecule has 4 aromatic rings. The molecular formula is C21H20N6O2. The molecule has 0 saturated carbocycles. The average Bonchev–Trinajstić information content (AvgIpc) is 3.43. The number of fused-ring (bicyclic) bond motifs is 1. The molecule has 0 atom stereocenters. The first kappa shape index (κ1) is 17.4. The predicted octanol–water partition coefficient (Wildman–Crippen LogP) is 2.66. The number of piperazine rings is 1. The Bertz CT molecular complexity index is 1160. The summed E-state index contributed by atoms with van der Waals surface area (Å²) in [5.41, 5.74) is 3.21. The second-order valence-electron chi connectivity index (χ2n) is 7.08. The lowest BCUT2D eigenvalue weighted by molar-refractivity contribution is 0.0714. The molecule has 0 N–H and O–H groups in total. The number of carbonyl (C=O) groups is 1. The number of amides is 1. The van der Waals surface area contributed by atoms with Gasteiger partial charge in [0.1, 0.15) is 0 Å². The summed E-state index contributed by atoms with van der Waals surface area (Å²) in [5, 5.41) is 4.71. The van der Waals surface area contributed by atoms with E-state index in [1.807, 2.05) is 12.1 Å². The summed E-state index contributed by atoms with van der Waals surface area (Å²) in [7, 11) is 0. The molecule has 1 aliphatic heterocycles. The number of benzene rings is 1. The molecule has 5 rings (SSSR count). The van der Waals surface area contributed by atoms with Crippen molar-refractivity contribution in [2.75, 3.05) is 31.1 Å². The van der Waals surface area contributed by atoms with Crippen LogP contribution in [0.15, 0.2) is 59.3 Å². The van der Waals surface area contributed by atoms with Gasteiger partial charge in [0.2, 0.25) is 5.95 Å². The average molecular weight is 388 g/mol. The predicted molar refractivity (Wildman–Crippen MR) is 108 cm³/mol. The third kappa shape index (κ3) is 3.22. The van der Waals surface area contributed by atoms with E-state index in [0.29, 0.717) is 43.7 Å². The van der Waals surface area contributed by atoms with Crippen LogP contribution in [0.2, 0.25) is 0 Å². The molecular weight excluding hydrogens is 368 g/mol. The largest absolute Gasteiger partial charge is 0.459 e. The lowest BCUT2D eigenvalue weighted by Gasteiger charge is -2.33. The number of rotatable bonds is 3. The number of nitrogens with zero attached hydrogens (tertiary/aromatic N) is 6. The van der Waals surface area contributed by atoms with Crippen LogP contribution < -0.4 is 4.90 Å². The molecule has 0 unspecified atom stereocenters. The van der Waals surface area contributed by atoms with E-state index in [9.17, 15) is 4.79 Å². The lowest BCUT2D eigenvalue weighted by atomic mass is 10.1. The first-order valence-electron chi connectivity index (χ1n) is 9.55. The minimum absolute atomic E-state index is 0.0824. The number of hydrogen-bond donors (Lipinski definition) is 0. The van der Waals surface area contributed by atoms with Gasteiger partial charge in [-0.2, -0.15) is 9.50 Å². The number of aryl methyl sites for hydroxylation is 1. The first-order chi connectivity index (χ1) is 14.2. The summed E-state index contributed by atoms with van der Waals surface area (Å²) in [5.74, 6) is 1.48. The smallest absolute Gasteiger partial charge is 0.289 e. The third-order valence-corrected chi connectivity index (χ3v) is 5.13. The van der Waals surface area contributed by atoms with E-state index >= 15 is 0 Å². The van der Waals surface area contributed by atoms with E-state index in [4.69, 9.17) is 9.52 Å². The number of anilines is 1. The van der Waals surface area contributed by atoms with Crippen molar-refractivity contribution in [3.05, 3.63) is 66.2 Å². The molecule has 0 aliphatic carbocycles. The maximum absolute atomic E-state index is 12.4. The van der Waals surface area contributed by atoms with Gasteiger partial charge >= 0.3 is 0 Å². The molecule has 3 aromatic heterocycles. The molecule has 0 bridgehead atoms.